The number of nitrogens with zero attached hydrogens (tertiary/aromatic N) is 2. The van der Waals surface area contributed by atoms with Gasteiger partial charge >= 0.3 is 0 Å². The molecule has 0 amide bonds. The molecule has 0 spiro atoms. The molecule has 0 aliphatic rings. The van der Waals surface area contributed by atoms with Crippen molar-refractivity contribution in [3.8, 4) is 11.6 Å². The van der Waals surface area contributed by atoms with Crippen molar-refractivity contribution in [2.24, 2.45) is 0 Å². The molecule has 0 radical (unpaired) electrons. The third-order valence-corrected chi connectivity index (χ3v) is 2.77. The maximum absolute atomic E-state index is 10.8. The first kappa shape index (κ1) is 13.3. The number of hydrogen-bond acceptors (Lipinski definition) is 5. The van der Waals surface area contributed by atoms with Crippen LogP contribution in [0.1, 0.15) is 0 Å². The van der Waals surface area contributed by atoms with Crippen LogP contribution in [0.15, 0.2) is 40.9 Å². The van der Waals surface area contributed by atoms with Crippen LogP contribution in [-0.2, 0) is 0 Å². The van der Waals surface area contributed by atoms with Gasteiger partial charge in [-0.05, 0) is 18.2 Å². The van der Waals surface area contributed by atoms with Crippen LogP contribution in [-0.4, -0.2) is 17.0 Å². The summed E-state index contributed by atoms with van der Waals surface area (Å²) in [5, 5.41) is 13.6. The second kappa shape index (κ2) is 5.66. The largest absolute Gasteiger partial charge is 0.439 e. The van der Waals surface area contributed by atoms with Gasteiger partial charge in [-0.15, -0.1) is 0 Å². The lowest BCUT2D eigenvalue weighted by Crippen LogP contribution is -1.98. The van der Waals surface area contributed by atoms with Crippen molar-refractivity contribution in [2.75, 3.05) is 12.4 Å². The molecule has 7 heteroatoms. The molecule has 2 aromatic rings. The Hall–Kier alpha value is -2.15. The summed E-state index contributed by atoms with van der Waals surface area (Å²) in [6, 6.07) is 9.77. The minimum absolute atomic E-state index is 0.0793. The molecule has 1 heterocycles. The quantitative estimate of drug-likeness (QED) is 0.687. The fourth-order valence-electron chi connectivity index (χ4n) is 1.43. The number of halogens is 1. The fourth-order valence-corrected chi connectivity index (χ4v) is 1.81. The predicted octanol–water partition coefficient (Wildman–Crippen LogP) is 3.59. The third-order valence-electron chi connectivity index (χ3n) is 2.27. The summed E-state index contributed by atoms with van der Waals surface area (Å²) in [5.41, 5.74) is -0.0793. The van der Waals surface area contributed by atoms with Crippen molar-refractivity contribution in [3.63, 3.8) is 0 Å². The van der Waals surface area contributed by atoms with E-state index >= 15 is 0 Å². The lowest BCUT2D eigenvalue weighted by molar-refractivity contribution is -0.384. The van der Waals surface area contributed by atoms with Crippen molar-refractivity contribution in [1.82, 2.24) is 4.98 Å². The van der Waals surface area contributed by atoms with E-state index in [0.29, 0.717) is 11.6 Å². The summed E-state index contributed by atoms with van der Waals surface area (Å²) in [4.78, 5) is 14.4. The number of rotatable bonds is 4. The molecular weight excluding hydrogens is 314 g/mol. The third kappa shape index (κ3) is 3.41. The second-order valence-corrected chi connectivity index (χ2v) is 4.53. The minimum Gasteiger partial charge on any atom is -0.439 e. The van der Waals surface area contributed by atoms with E-state index in [-0.39, 0.29) is 11.6 Å². The zero-order valence-corrected chi connectivity index (χ0v) is 11.5. The van der Waals surface area contributed by atoms with Crippen molar-refractivity contribution in [2.45, 2.75) is 0 Å². The van der Waals surface area contributed by atoms with Crippen molar-refractivity contribution >= 4 is 27.4 Å². The number of benzene rings is 1. The number of anilines is 1. The highest BCUT2D eigenvalue weighted by atomic mass is 79.9. The Bertz CT molecular complexity index is 619. The monoisotopic (exact) mass is 323 g/mol. The molecule has 0 saturated heterocycles. The van der Waals surface area contributed by atoms with Gasteiger partial charge in [0.1, 0.15) is 11.6 Å². The molecule has 0 aliphatic carbocycles. The first-order valence-electron chi connectivity index (χ1n) is 5.36. The summed E-state index contributed by atoms with van der Waals surface area (Å²) in [6.45, 7) is 0. The van der Waals surface area contributed by atoms with E-state index in [1.54, 1.807) is 25.2 Å². The minimum atomic E-state index is -0.490. The van der Waals surface area contributed by atoms with Gasteiger partial charge in [0, 0.05) is 11.5 Å². The van der Waals surface area contributed by atoms with E-state index < -0.39 is 4.92 Å². The number of hydrogen-bond donors (Lipinski definition) is 1. The van der Waals surface area contributed by atoms with Crippen LogP contribution in [0.25, 0.3) is 0 Å². The van der Waals surface area contributed by atoms with E-state index in [1.165, 1.54) is 12.1 Å². The van der Waals surface area contributed by atoms with Gasteiger partial charge in [-0.1, -0.05) is 22.0 Å². The number of ether oxygens (including phenoxy) is 1. The Kier molecular flexibility index (Phi) is 3.96. The smallest absolute Gasteiger partial charge is 0.278 e. The van der Waals surface area contributed by atoms with E-state index in [1.807, 2.05) is 6.07 Å². The molecule has 0 bridgehead atoms. The Morgan fingerprint density at radius 1 is 1.37 bits per heavy atom. The highest BCUT2D eigenvalue weighted by Gasteiger charge is 2.12. The first-order chi connectivity index (χ1) is 9.08. The molecule has 0 aliphatic heterocycles. The molecule has 1 aromatic heterocycles. The number of nitrogens with one attached hydrogen (secondary N) is 1. The molecule has 2 rings (SSSR count). The Morgan fingerprint density at radius 3 is 2.79 bits per heavy atom. The van der Waals surface area contributed by atoms with Gasteiger partial charge in [0.25, 0.3) is 5.69 Å². The second-order valence-electron chi connectivity index (χ2n) is 3.62. The molecule has 1 aromatic carbocycles. The average Bonchev–Trinajstić information content (AvgIpc) is 2.38. The zero-order valence-electron chi connectivity index (χ0n) is 9.96. The molecule has 6 nitrogen and oxygen atoms in total. The molecular formula is C12H10BrN3O3. The zero-order chi connectivity index (χ0) is 13.8. The van der Waals surface area contributed by atoms with Crippen LogP contribution in [0.5, 0.6) is 11.6 Å². The van der Waals surface area contributed by atoms with Crippen molar-refractivity contribution in [3.05, 3.63) is 51.0 Å². The van der Waals surface area contributed by atoms with Crippen LogP contribution >= 0.6 is 15.9 Å². The molecule has 19 heavy (non-hydrogen) atoms. The Labute approximate surface area is 117 Å². The highest BCUT2D eigenvalue weighted by molar-refractivity contribution is 9.10. The van der Waals surface area contributed by atoms with Gasteiger partial charge in [-0.2, -0.15) is 4.98 Å². The van der Waals surface area contributed by atoms with E-state index in [4.69, 9.17) is 4.74 Å². The molecule has 98 valence electrons. The summed E-state index contributed by atoms with van der Waals surface area (Å²) >= 11 is 3.32. The van der Waals surface area contributed by atoms with Gasteiger partial charge < -0.3 is 10.1 Å². The average molecular weight is 324 g/mol. The van der Waals surface area contributed by atoms with E-state index in [2.05, 4.69) is 26.2 Å². The first-order valence-corrected chi connectivity index (χ1v) is 6.15. The Morgan fingerprint density at radius 2 is 2.16 bits per heavy atom. The molecule has 0 atom stereocenters. The predicted molar refractivity (Wildman–Crippen MR) is 74.7 cm³/mol. The van der Waals surface area contributed by atoms with E-state index in [9.17, 15) is 10.1 Å². The number of nitro groups is 1. The van der Waals surface area contributed by atoms with E-state index in [0.717, 1.165) is 4.47 Å². The molecule has 1 N–H and O–H groups in total. The summed E-state index contributed by atoms with van der Waals surface area (Å²) in [6.07, 6.45) is 0. The maximum Gasteiger partial charge on any atom is 0.278 e. The highest BCUT2D eigenvalue weighted by Crippen LogP contribution is 2.27. The Balaban J connectivity index is 2.34. The van der Waals surface area contributed by atoms with Crippen LogP contribution in [0, 0.1) is 10.1 Å². The van der Waals surface area contributed by atoms with Gasteiger partial charge in [-0.3, -0.25) is 10.1 Å². The summed E-state index contributed by atoms with van der Waals surface area (Å²) in [7, 11) is 1.63. The fraction of sp³-hybridized carbons (Fsp3) is 0.0833. The van der Waals surface area contributed by atoms with Crippen molar-refractivity contribution < 1.29 is 9.66 Å². The summed E-state index contributed by atoms with van der Waals surface area (Å²) < 4.78 is 6.36. The maximum atomic E-state index is 10.8. The standard InChI is InChI=1S/C12H10BrN3O3/c1-14-11-6-9(16(17)18)7-12(15-11)19-10-4-2-3-8(13)5-10/h2-7H,1H3,(H,14,15). The summed E-state index contributed by atoms with van der Waals surface area (Å²) in [5.74, 6) is 1.08. The van der Waals surface area contributed by atoms with Gasteiger partial charge in [0.2, 0.25) is 5.88 Å². The van der Waals surface area contributed by atoms with Crippen LogP contribution in [0.4, 0.5) is 11.5 Å². The van der Waals surface area contributed by atoms with Crippen molar-refractivity contribution in [1.29, 1.82) is 0 Å². The lowest BCUT2D eigenvalue weighted by Gasteiger charge is -2.07. The lowest BCUT2D eigenvalue weighted by atomic mass is 10.3. The van der Waals surface area contributed by atoms with Crippen LogP contribution in [0.2, 0.25) is 0 Å². The van der Waals surface area contributed by atoms with Gasteiger partial charge in [0.15, 0.2) is 0 Å². The molecule has 0 fully saturated rings. The SMILES string of the molecule is CNc1cc([N+](=O)[O-])cc(Oc2cccc(Br)c2)n1. The van der Waals surface area contributed by atoms with Gasteiger partial charge in [0.05, 0.1) is 17.1 Å². The number of aromatic nitrogens is 1. The number of pyridine rings is 1. The molecule has 0 unspecified atom stereocenters. The van der Waals surface area contributed by atoms with Crippen LogP contribution in [0.3, 0.4) is 0 Å². The van der Waals surface area contributed by atoms with Gasteiger partial charge in [-0.25, -0.2) is 0 Å². The molecule has 0 saturated carbocycles. The normalized spacial score (nSPS) is 10.0. The topological polar surface area (TPSA) is 77.3 Å². The van der Waals surface area contributed by atoms with Crippen LogP contribution < -0.4 is 10.1 Å².